The Morgan fingerprint density at radius 2 is 1.77 bits per heavy atom. The van der Waals surface area contributed by atoms with E-state index < -0.39 is 11.7 Å². The van der Waals surface area contributed by atoms with Gasteiger partial charge in [-0.05, 0) is 43.3 Å². The predicted octanol–water partition coefficient (Wildman–Crippen LogP) is 4.31. The van der Waals surface area contributed by atoms with Crippen molar-refractivity contribution in [1.29, 1.82) is 0 Å². The molecule has 1 atom stereocenters. The summed E-state index contributed by atoms with van der Waals surface area (Å²) < 4.78 is 7.84. The van der Waals surface area contributed by atoms with Gasteiger partial charge in [-0.3, -0.25) is 9.88 Å². The van der Waals surface area contributed by atoms with E-state index in [2.05, 4.69) is 56.1 Å². The number of benzene rings is 2. The zero-order valence-electron chi connectivity index (χ0n) is 24.5. The molecule has 0 radical (unpaired) electrons. The summed E-state index contributed by atoms with van der Waals surface area (Å²) in [6.45, 7) is 6.87. The lowest BCUT2D eigenvalue weighted by Gasteiger charge is -2.32. The van der Waals surface area contributed by atoms with Gasteiger partial charge in [0.25, 0.3) is 0 Å². The molecule has 1 unspecified atom stereocenters. The normalized spacial score (nSPS) is 15.2. The molecule has 1 aliphatic rings. The van der Waals surface area contributed by atoms with Crippen LogP contribution >= 0.6 is 0 Å². The summed E-state index contributed by atoms with van der Waals surface area (Å²) in [5, 5.41) is 16.8. The number of piperazine rings is 1. The topological polar surface area (TPSA) is 139 Å². The molecule has 2 aromatic carbocycles. The molecule has 4 aromatic heterocycles. The van der Waals surface area contributed by atoms with E-state index in [-0.39, 0.29) is 11.6 Å². The van der Waals surface area contributed by atoms with Crippen LogP contribution in [0.5, 0.6) is 5.75 Å². The first kappa shape index (κ1) is 27.7. The predicted molar refractivity (Wildman–Crippen MR) is 169 cm³/mol. The minimum absolute atomic E-state index is 0.00654. The van der Waals surface area contributed by atoms with Crippen molar-refractivity contribution in [2.75, 3.05) is 39.0 Å². The second kappa shape index (κ2) is 11.2. The van der Waals surface area contributed by atoms with Crippen LogP contribution in [0.2, 0.25) is 0 Å². The third-order valence-electron chi connectivity index (χ3n) is 8.34. The van der Waals surface area contributed by atoms with Crippen LogP contribution in [-0.4, -0.2) is 72.9 Å². The molecule has 0 aliphatic carbocycles. The number of hydrogen-bond donors (Lipinski definition) is 2. The number of nitrogens with two attached hydrogens (primary N) is 1. The Balaban J connectivity index is 1.40. The van der Waals surface area contributed by atoms with E-state index >= 15 is 0 Å². The average molecular weight is 589 g/mol. The Kier molecular flexibility index (Phi) is 7.03. The number of aromatic nitrogens is 5. The maximum atomic E-state index is 13.4. The minimum atomic E-state index is -0.570. The third-order valence-corrected chi connectivity index (χ3v) is 8.34. The molecule has 0 spiro atoms. The monoisotopic (exact) mass is 588 g/mol. The number of nitrogen functional groups attached to an aromatic ring is 1. The number of hydrogen-bond acceptors (Lipinski definition) is 10. The number of nitrogens with zero attached hydrogens (tertiary/aromatic N) is 7. The average Bonchev–Trinajstić information content (AvgIpc) is 3.43. The van der Waals surface area contributed by atoms with E-state index in [4.69, 9.17) is 15.2 Å². The zero-order valence-corrected chi connectivity index (χ0v) is 24.5. The molecular weight excluding hydrogens is 556 g/mol. The summed E-state index contributed by atoms with van der Waals surface area (Å²) in [5.74, 6) is 0.684. The van der Waals surface area contributed by atoms with Crippen molar-refractivity contribution in [3.8, 4) is 28.1 Å². The van der Waals surface area contributed by atoms with Crippen molar-refractivity contribution < 1.29 is 9.52 Å². The maximum absolute atomic E-state index is 13.4. The molecule has 44 heavy (non-hydrogen) atoms. The quantitative estimate of drug-likeness (QED) is 0.289. The Bertz CT molecular complexity index is 2060. The summed E-state index contributed by atoms with van der Waals surface area (Å²) in [6, 6.07) is 16.9. The minimum Gasteiger partial charge on any atom is -0.506 e. The van der Waals surface area contributed by atoms with Gasteiger partial charge in [-0.25, -0.2) is 19.4 Å². The fourth-order valence-corrected chi connectivity index (χ4v) is 6.03. The van der Waals surface area contributed by atoms with Gasteiger partial charge in [0.15, 0.2) is 5.65 Å². The molecule has 0 saturated carbocycles. The molecule has 7 rings (SSSR count). The summed E-state index contributed by atoms with van der Waals surface area (Å²) >= 11 is 0. The van der Waals surface area contributed by atoms with Crippen molar-refractivity contribution in [3.63, 3.8) is 0 Å². The van der Waals surface area contributed by atoms with Gasteiger partial charge in [0.2, 0.25) is 0 Å². The molecule has 11 heteroatoms. The Labute approximate surface area is 253 Å². The molecule has 11 nitrogen and oxygen atoms in total. The molecule has 5 heterocycles. The fraction of sp³-hybridized carbons (Fsp3) is 0.242. The van der Waals surface area contributed by atoms with Crippen molar-refractivity contribution in [3.05, 3.63) is 95.1 Å². The highest BCUT2D eigenvalue weighted by atomic mass is 16.4. The third kappa shape index (κ3) is 4.95. The van der Waals surface area contributed by atoms with E-state index in [0.29, 0.717) is 33.4 Å². The first-order chi connectivity index (χ1) is 21.4. The maximum Gasteiger partial charge on any atom is 0.343 e. The fourth-order valence-electron chi connectivity index (χ4n) is 6.03. The summed E-state index contributed by atoms with van der Waals surface area (Å²) in [6.07, 6.45) is 4.32. The lowest BCUT2D eigenvalue weighted by Crippen LogP contribution is -2.43. The first-order valence-corrected chi connectivity index (χ1v) is 14.6. The van der Waals surface area contributed by atoms with Crippen LogP contribution in [0, 0.1) is 0 Å². The number of rotatable bonds is 6. The van der Waals surface area contributed by atoms with E-state index in [1.54, 1.807) is 23.0 Å². The summed E-state index contributed by atoms with van der Waals surface area (Å²) in [4.78, 5) is 31.0. The van der Waals surface area contributed by atoms with Crippen LogP contribution in [-0.2, 0) is 6.54 Å². The number of aromatic hydroxyl groups is 1. The molecule has 6 aromatic rings. The summed E-state index contributed by atoms with van der Waals surface area (Å²) in [7, 11) is 2.15. The molecule has 1 saturated heterocycles. The van der Waals surface area contributed by atoms with Crippen molar-refractivity contribution in [2.24, 2.45) is 0 Å². The lowest BCUT2D eigenvalue weighted by atomic mass is 9.94. The van der Waals surface area contributed by atoms with Crippen LogP contribution in [0.1, 0.15) is 24.3 Å². The second-order valence-electron chi connectivity index (χ2n) is 11.3. The highest BCUT2D eigenvalue weighted by molar-refractivity contribution is 5.99. The second-order valence-corrected chi connectivity index (χ2v) is 11.3. The van der Waals surface area contributed by atoms with Gasteiger partial charge in [-0.2, -0.15) is 5.10 Å². The van der Waals surface area contributed by atoms with Gasteiger partial charge in [0, 0.05) is 55.4 Å². The van der Waals surface area contributed by atoms with Crippen molar-refractivity contribution >= 4 is 27.6 Å². The van der Waals surface area contributed by atoms with Gasteiger partial charge in [0.05, 0.1) is 17.0 Å². The lowest BCUT2D eigenvalue weighted by molar-refractivity contribution is 0.148. The van der Waals surface area contributed by atoms with Crippen LogP contribution in [0.25, 0.3) is 44.2 Å². The first-order valence-electron chi connectivity index (χ1n) is 14.6. The van der Waals surface area contributed by atoms with Crippen molar-refractivity contribution in [1.82, 2.24) is 34.5 Å². The summed E-state index contributed by atoms with van der Waals surface area (Å²) in [5.41, 5.74) is 10.3. The Morgan fingerprint density at radius 3 is 2.57 bits per heavy atom. The SMILES string of the molecule is CC(c1oc(=O)c2ccccc2c1-c1cccc(CN2CCN(C)CC2)c1)n1nc(-c2cncc(O)c2)c2c(N)ncnc21. The largest absolute Gasteiger partial charge is 0.506 e. The van der Waals surface area contributed by atoms with Gasteiger partial charge >= 0.3 is 5.63 Å². The Morgan fingerprint density at radius 1 is 0.977 bits per heavy atom. The molecule has 0 amide bonds. The van der Waals surface area contributed by atoms with Crippen LogP contribution < -0.4 is 11.4 Å². The van der Waals surface area contributed by atoms with E-state index in [1.165, 1.54) is 18.1 Å². The smallest absolute Gasteiger partial charge is 0.343 e. The highest BCUT2D eigenvalue weighted by Crippen LogP contribution is 2.38. The van der Waals surface area contributed by atoms with Gasteiger partial charge < -0.3 is 20.2 Å². The Hall–Kier alpha value is -5.13. The van der Waals surface area contributed by atoms with Gasteiger partial charge in [-0.15, -0.1) is 0 Å². The van der Waals surface area contributed by atoms with Gasteiger partial charge in [-0.1, -0.05) is 36.4 Å². The molecule has 1 aliphatic heterocycles. The van der Waals surface area contributed by atoms with Crippen molar-refractivity contribution in [2.45, 2.75) is 19.5 Å². The van der Waals surface area contributed by atoms with E-state index in [9.17, 15) is 9.90 Å². The molecule has 1 fully saturated rings. The van der Waals surface area contributed by atoms with Gasteiger partial charge in [0.1, 0.15) is 35.4 Å². The number of likely N-dealkylation sites (N-methyl/N-ethyl adjacent to an activating group) is 1. The van der Waals surface area contributed by atoms with Crippen LogP contribution in [0.3, 0.4) is 0 Å². The molecule has 0 bridgehead atoms. The number of pyridine rings is 1. The van der Waals surface area contributed by atoms with Crippen LogP contribution in [0.4, 0.5) is 5.82 Å². The van der Waals surface area contributed by atoms with Crippen LogP contribution in [0.15, 0.2) is 82.5 Å². The molecule has 222 valence electrons. The number of fused-ring (bicyclic) bond motifs is 2. The standard InChI is InChI=1S/C33H32N8O3/c1-20(41-32-28(31(34)36-19-37-32)29(38-41)23-15-24(42)17-35-16-23)30-27(25-8-3-4-9-26(25)33(43)44-30)22-7-5-6-21(14-22)18-40-12-10-39(2)11-13-40/h3-9,14-17,19-20,42H,10-13,18H2,1-2H3,(H2,34,36,37). The molecule has 3 N–H and O–H groups in total. The highest BCUT2D eigenvalue weighted by Gasteiger charge is 2.27. The van der Waals surface area contributed by atoms with E-state index in [0.717, 1.165) is 49.2 Å². The van der Waals surface area contributed by atoms with E-state index in [1.807, 2.05) is 25.1 Å². The number of anilines is 1. The zero-order chi connectivity index (χ0) is 30.4. The molecular formula is C33H32N8O3.